The molecule has 4 rings (SSSR count). The predicted octanol–water partition coefficient (Wildman–Crippen LogP) is 1.11. The highest BCUT2D eigenvalue weighted by Crippen LogP contribution is 2.39. The van der Waals surface area contributed by atoms with Crippen molar-refractivity contribution in [2.45, 2.75) is 49.8 Å². The number of primary amides is 1. The van der Waals surface area contributed by atoms with Crippen LogP contribution in [0, 0.1) is 0 Å². The summed E-state index contributed by atoms with van der Waals surface area (Å²) in [6.07, 6.45) is 4.35. The van der Waals surface area contributed by atoms with E-state index in [9.17, 15) is 24.3 Å². The molecule has 0 saturated carbocycles. The van der Waals surface area contributed by atoms with Crippen molar-refractivity contribution in [1.29, 1.82) is 0 Å². The van der Waals surface area contributed by atoms with Crippen LogP contribution in [0.15, 0.2) is 48.8 Å². The Bertz CT molecular complexity index is 1130. The van der Waals surface area contributed by atoms with E-state index in [2.05, 4.69) is 10.2 Å². The highest BCUT2D eigenvalue weighted by molar-refractivity contribution is 5.94. The summed E-state index contributed by atoms with van der Waals surface area (Å²) in [4.78, 5) is 52.7. The van der Waals surface area contributed by atoms with Crippen molar-refractivity contribution >= 4 is 23.6 Å². The lowest BCUT2D eigenvalue weighted by molar-refractivity contribution is -0.131. The van der Waals surface area contributed by atoms with Gasteiger partial charge in [-0.25, -0.2) is 4.79 Å². The second-order valence-corrected chi connectivity index (χ2v) is 9.79. The summed E-state index contributed by atoms with van der Waals surface area (Å²) in [5, 5.41) is 12.3. The van der Waals surface area contributed by atoms with Gasteiger partial charge in [-0.05, 0) is 37.6 Å². The largest absolute Gasteiger partial charge is 0.478 e. The molecule has 0 aliphatic carbocycles. The summed E-state index contributed by atoms with van der Waals surface area (Å²) in [6, 6.07) is 8.47. The van der Waals surface area contributed by atoms with E-state index in [0.29, 0.717) is 12.1 Å². The summed E-state index contributed by atoms with van der Waals surface area (Å²) in [6.45, 7) is 4.03. The molecule has 2 amide bonds. The molecule has 2 aromatic rings. The highest BCUT2D eigenvalue weighted by atomic mass is 16.5. The van der Waals surface area contributed by atoms with Gasteiger partial charge in [-0.15, -0.1) is 0 Å². The zero-order chi connectivity index (χ0) is 25.9. The average molecular weight is 497 g/mol. The number of carbonyl (C=O) groups is 4. The van der Waals surface area contributed by atoms with Gasteiger partial charge in [0.15, 0.2) is 5.78 Å². The number of nitrogens with one attached hydrogen (secondary N) is 1. The second-order valence-electron chi connectivity index (χ2n) is 9.79. The van der Waals surface area contributed by atoms with E-state index in [1.54, 1.807) is 31.2 Å². The molecule has 2 fully saturated rings. The minimum absolute atomic E-state index is 0.00512. The van der Waals surface area contributed by atoms with Gasteiger partial charge in [-0.2, -0.15) is 0 Å². The fourth-order valence-corrected chi connectivity index (χ4v) is 5.36. The van der Waals surface area contributed by atoms with E-state index in [4.69, 9.17) is 10.5 Å². The predicted molar refractivity (Wildman–Crippen MR) is 130 cm³/mol. The molecular weight excluding hydrogens is 464 g/mol. The molecule has 36 heavy (non-hydrogen) atoms. The average Bonchev–Trinajstić information content (AvgIpc) is 3.59. The number of likely N-dealkylation sites (tertiary alicyclic amines) is 1. The number of ether oxygens (including phenoxy) is 1. The van der Waals surface area contributed by atoms with Crippen LogP contribution < -0.4 is 11.1 Å². The molecule has 0 bridgehead atoms. The van der Waals surface area contributed by atoms with E-state index in [1.807, 2.05) is 6.07 Å². The topological polar surface area (TPSA) is 144 Å². The Balaban J connectivity index is 1.70. The van der Waals surface area contributed by atoms with Crippen molar-refractivity contribution in [2.24, 2.45) is 5.73 Å². The molecule has 2 aliphatic rings. The van der Waals surface area contributed by atoms with E-state index < -0.39 is 41.4 Å². The van der Waals surface area contributed by atoms with Crippen LogP contribution in [0.2, 0.25) is 0 Å². The number of carboxylic acid groups (broad SMARTS) is 1. The Morgan fingerprint density at radius 2 is 1.89 bits per heavy atom. The van der Waals surface area contributed by atoms with E-state index >= 15 is 0 Å². The zero-order valence-corrected chi connectivity index (χ0v) is 20.3. The van der Waals surface area contributed by atoms with Gasteiger partial charge in [-0.3, -0.25) is 14.4 Å². The van der Waals surface area contributed by atoms with Crippen molar-refractivity contribution in [3.8, 4) is 0 Å². The Kier molecular flexibility index (Phi) is 7.56. The van der Waals surface area contributed by atoms with Gasteiger partial charge in [-0.1, -0.05) is 37.3 Å². The summed E-state index contributed by atoms with van der Waals surface area (Å²) in [5.74, 6) is -2.50. The third-order valence-electron chi connectivity index (χ3n) is 7.18. The number of hydrogen-bond acceptors (Lipinski definition) is 6. The Morgan fingerprint density at radius 1 is 1.19 bits per heavy atom. The lowest BCUT2D eigenvalue weighted by Crippen LogP contribution is -2.53. The number of nitrogens with zero attached hydrogens (tertiary/aromatic N) is 2. The SMILES string of the molecule is CC(CC(N)=O)(c1ccccc1)C(C(=O)NC1C(=O)COC1CN1CCCC1)n1ccc(C(=O)O)c1. The van der Waals surface area contributed by atoms with Gasteiger partial charge in [0.25, 0.3) is 0 Å². The molecule has 4 unspecified atom stereocenters. The molecule has 192 valence electrons. The first kappa shape index (κ1) is 25.6. The van der Waals surface area contributed by atoms with Crippen LogP contribution in [-0.2, 0) is 24.5 Å². The molecule has 4 N–H and O–H groups in total. The first-order valence-electron chi connectivity index (χ1n) is 12.1. The molecule has 0 spiro atoms. The van der Waals surface area contributed by atoms with Crippen molar-refractivity contribution in [3.05, 3.63) is 59.9 Å². The smallest absolute Gasteiger partial charge is 0.337 e. The van der Waals surface area contributed by atoms with E-state index in [0.717, 1.165) is 25.9 Å². The summed E-state index contributed by atoms with van der Waals surface area (Å²) >= 11 is 0. The van der Waals surface area contributed by atoms with Crippen LogP contribution in [-0.4, -0.2) is 76.5 Å². The summed E-state index contributed by atoms with van der Waals surface area (Å²) in [5.41, 5.74) is 5.16. The maximum atomic E-state index is 14.0. The van der Waals surface area contributed by atoms with Crippen molar-refractivity contribution in [3.63, 3.8) is 0 Å². The number of Topliss-reactive ketones (excluding diaryl/α,β-unsaturated/α-hetero) is 1. The Labute approximate surface area is 209 Å². The second kappa shape index (κ2) is 10.6. The number of hydrogen-bond donors (Lipinski definition) is 3. The number of carboxylic acids is 1. The Hall–Kier alpha value is -3.50. The monoisotopic (exact) mass is 496 g/mol. The fraction of sp³-hybridized carbons (Fsp3) is 0.462. The number of nitrogens with two attached hydrogens (primary N) is 1. The molecule has 2 aliphatic heterocycles. The van der Waals surface area contributed by atoms with Crippen LogP contribution in [0.25, 0.3) is 0 Å². The molecular formula is C26H32N4O6. The van der Waals surface area contributed by atoms with E-state index in [-0.39, 0.29) is 24.4 Å². The molecule has 3 heterocycles. The normalized spacial score (nSPS) is 22.8. The zero-order valence-electron chi connectivity index (χ0n) is 20.3. The van der Waals surface area contributed by atoms with Gasteiger partial charge in [0.1, 0.15) is 18.7 Å². The maximum absolute atomic E-state index is 14.0. The Morgan fingerprint density at radius 3 is 2.50 bits per heavy atom. The minimum Gasteiger partial charge on any atom is -0.478 e. The number of ketones is 1. The van der Waals surface area contributed by atoms with Crippen molar-refractivity contribution in [1.82, 2.24) is 14.8 Å². The number of benzene rings is 1. The third kappa shape index (κ3) is 5.34. The quantitative estimate of drug-likeness (QED) is 0.447. The molecule has 2 saturated heterocycles. The van der Waals surface area contributed by atoms with Gasteiger partial charge in [0, 0.05) is 30.8 Å². The maximum Gasteiger partial charge on any atom is 0.337 e. The summed E-state index contributed by atoms with van der Waals surface area (Å²) < 4.78 is 7.21. The molecule has 0 radical (unpaired) electrons. The number of carbonyl (C=O) groups excluding carboxylic acids is 3. The van der Waals surface area contributed by atoms with Gasteiger partial charge in [0.05, 0.1) is 11.7 Å². The van der Waals surface area contributed by atoms with Crippen LogP contribution >= 0.6 is 0 Å². The minimum atomic E-state index is -1.14. The van der Waals surface area contributed by atoms with Crippen LogP contribution in [0.4, 0.5) is 0 Å². The van der Waals surface area contributed by atoms with Crippen LogP contribution in [0.5, 0.6) is 0 Å². The van der Waals surface area contributed by atoms with Gasteiger partial charge < -0.3 is 30.4 Å². The number of aromatic carboxylic acids is 1. The molecule has 1 aromatic carbocycles. The molecule has 10 heteroatoms. The highest BCUT2D eigenvalue weighted by Gasteiger charge is 2.46. The number of amides is 2. The van der Waals surface area contributed by atoms with Gasteiger partial charge >= 0.3 is 5.97 Å². The van der Waals surface area contributed by atoms with Crippen molar-refractivity contribution in [2.75, 3.05) is 26.2 Å². The number of aromatic nitrogens is 1. The third-order valence-corrected chi connectivity index (χ3v) is 7.18. The lowest BCUT2D eigenvalue weighted by atomic mass is 9.72. The van der Waals surface area contributed by atoms with Crippen molar-refractivity contribution < 1.29 is 29.0 Å². The van der Waals surface area contributed by atoms with E-state index in [1.165, 1.54) is 23.0 Å². The van der Waals surface area contributed by atoms with Gasteiger partial charge in [0.2, 0.25) is 11.8 Å². The molecule has 4 atom stereocenters. The standard InChI is InChI=1S/C26H32N4O6/c1-26(13-21(27)32,18-7-3-2-4-8-18)23(30-12-9-17(14-30)25(34)35)24(33)28-22-19(31)16-36-20(22)15-29-10-5-6-11-29/h2-4,7-9,12,14,20,22-23H,5-6,10-11,13,15-16H2,1H3,(H2,27,32)(H,28,33)(H,34,35). The van der Waals surface area contributed by atoms with Crippen LogP contribution in [0.3, 0.4) is 0 Å². The summed E-state index contributed by atoms with van der Waals surface area (Å²) in [7, 11) is 0. The first-order valence-corrected chi connectivity index (χ1v) is 12.1. The fourth-order valence-electron chi connectivity index (χ4n) is 5.36. The lowest BCUT2D eigenvalue weighted by Gasteiger charge is -2.38. The number of rotatable bonds is 10. The van der Waals surface area contributed by atoms with Crippen LogP contribution in [0.1, 0.15) is 48.1 Å². The molecule has 1 aromatic heterocycles. The molecule has 10 nitrogen and oxygen atoms in total. The first-order chi connectivity index (χ1) is 17.2.